The minimum Gasteiger partial charge on any atom is -0.357 e. The third kappa shape index (κ3) is 4.55. The summed E-state index contributed by atoms with van der Waals surface area (Å²) in [7, 11) is -5.38. The SMILES string of the molecule is CNc1ncc(S(=O)(=O)NCCS(C)(=O)=O)cn1. The fourth-order valence-corrected chi connectivity index (χ4v) is 2.55. The first-order valence-electron chi connectivity index (χ1n) is 4.92. The van der Waals surface area contributed by atoms with Gasteiger partial charge in [-0.2, -0.15) is 0 Å². The number of anilines is 1. The van der Waals surface area contributed by atoms with E-state index in [9.17, 15) is 16.8 Å². The van der Waals surface area contributed by atoms with Crippen LogP contribution >= 0.6 is 0 Å². The minimum atomic E-state index is -3.77. The second-order valence-corrected chi connectivity index (χ2v) is 7.55. The molecule has 1 heterocycles. The van der Waals surface area contributed by atoms with Crippen molar-refractivity contribution in [3.63, 3.8) is 0 Å². The quantitative estimate of drug-likeness (QED) is 0.679. The Bertz CT molecular complexity index is 594. The Labute approximate surface area is 106 Å². The summed E-state index contributed by atoms with van der Waals surface area (Å²) in [5.41, 5.74) is 0. The van der Waals surface area contributed by atoms with Gasteiger partial charge in [0.2, 0.25) is 16.0 Å². The smallest absolute Gasteiger partial charge is 0.243 e. The Morgan fingerprint density at radius 1 is 1.17 bits per heavy atom. The normalized spacial score (nSPS) is 12.3. The number of sulfonamides is 1. The first kappa shape index (κ1) is 14.8. The van der Waals surface area contributed by atoms with Crippen molar-refractivity contribution >= 4 is 25.8 Å². The molecule has 0 bridgehead atoms. The molecule has 0 aliphatic heterocycles. The lowest BCUT2D eigenvalue weighted by Crippen LogP contribution is -2.29. The van der Waals surface area contributed by atoms with Crippen molar-refractivity contribution in [2.75, 3.05) is 30.9 Å². The summed E-state index contributed by atoms with van der Waals surface area (Å²) in [4.78, 5) is 7.41. The molecule has 0 spiro atoms. The second kappa shape index (κ2) is 5.59. The average Bonchev–Trinajstić information content (AvgIpc) is 2.27. The molecular weight excluding hydrogens is 280 g/mol. The highest BCUT2D eigenvalue weighted by molar-refractivity contribution is 7.91. The van der Waals surface area contributed by atoms with Crippen LogP contribution in [0.25, 0.3) is 0 Å². The third-order valence-electron chi connectivity index (χ3n) is 1.93. The number of hydrogen-bond acceptors (Lipinski definition) is 7. The molecular formula is C8H14N4O4S2. The van der Waals surface area contributed by atoms with Gasteiger partial charge in [0.05, 0.1) is 18.1 Å². The standard InChI is InChI=1S/C8H14N4O4S2/c1-9-8-10-5-7(6-11-8)18(15,16)12-3-4-17(2,13)14/h5-6,12H,3-4H2,1-2H3,(H,9,10,11). The Hall–Kier alpha value is -1.26. The van der Waals surface area contributed by atoms with Crippen LogP contribution in [-0.2, 0) is 19.9 Å². The van der Waals surface area contributed by atoms with Crippen molar-refractivity contribution in [2.45, 2.75) is 4.90 Å². The summed E-state index contributed by atoms with van der Waals surface area (Å²) < 4.78 is 47.3. The van der Waals surface area contributed by atoms with E-state index in [2.05, 4.69) is 20.0 Å². The Morgan fingerprint density at radius 2 is 1.72 bits per heavy atom. The van der Waals surface area contributed by atoms with E-state index in [1.54, 1.807) is 7.05 Å². The van der Waals surface area contributed by atoms with Crippen molar-refractivity contribution < 1.29 is 16.8 Å². The Balaban J connectivity index is 2.74. The van der Waals surface area contributed by atoms with E-state index in [4.69, 9.17) is 0 Å². The summed E-state index contributed by atoms with van der Waals surface area (Å²) in [5, 5.41) is 2.65. The molecule has 1 aromatic heterocycles. The monoisotopic (exact) mass is 294 g/mol. The molecule has 8 nitrogen and oxygen atoms in total. The highest BCUT2D eigenvalue weighted by Gasteiger charge is 2.15. The molecule has 0 aromatic carbocycles. The maximum atomic E-state index is 11.7. The topological polar surface area (TPSA) is 118 Å². The molecule has 2 N–H and O–H groups in total. The van der Waals surface area contributed by atoms with E-state index < -0.39 is 19.9 Å². The zero-order valence-electron chi connectivity index (χ0n) is 9.91. The summed E-state index contributed by atoms with van der Waals surface area (Å²) in [6.07, 6.45) is 3.31. The molecule has 10 heteroatoms. The summed E-state index contributed by atoms with van der Waals surface area (Å²) >= 11 is 0. The van der Waals surface area contributed by atoms with Crippen LogP contribution in [0.5, 0.6) is 0 Å². The maximum Gasteiger partial charge on any atom is 0.243 e. The summed E-state index contributed by atoms with van der Waals surface area (Å²) in [6, 6.07) is 0. The van der Waals surface area contributed by atoms with Gasteiger partial charge in [-0.25, -0.2) is 31.5 Å². The number of nitrogens with one attached hydrogen (secondary N) is 2. The number of hydrogen-bond donors (Lipinski definition) is 2. The van der Waals surface area contributed by atoms with Crippen molar-refractivity contribution in [1.29, 1.82) is 0 Å². The van der Waals surface area contributed by atoms with Gasteiger partial charge in [-0.15, -0.1) is 0 Å². The number of nitrogens with zero attached hydrogens (tertiary/aromatic N) is 2. The maximum absolute atomic E-state index is 11.7. The van der Waals surface area contributed by atoms with E-state index in [-0.39, 0.29) is 17.2 Å². The van der Waals surface area contributed by atoms with Gasteiger partial charge in [-0.1, -0.05) is 0 Å². The zero-order chi connectivity index (χ0) is 13.8. The van der Waals surface area contributed by atoms with Gasteiger partial charge in [0, 0.05) is 19.8 Å². The van der Waals surface area contributed by atoms with E-state index in [0.717, 1.165) is 18.6 Å². The van der Waals surface area contributed by atoms with Crippen LogP contribution < -0.4 is 10.0 Å². The molecule has 18 heavy (non-hydrogen) atoms. The molecule has 1 rings (SSSR count). The van der Waals surface area contributed by atoms with E-state index in [0.29, 0.717) is 5.95 Å². The minimum absolute atomic E-state index is 0.116. The predicted octanol–water partition coefficient (Wildman–Crippen LogP) is -1.16. The number of rotatable bonds is 6. The lowest BCUT2D eigenvalue weighted by atomic mass is 10.7. The number of sulfone groups is 1. The fraction of sp³-hybridized carbons (Fsp3) is 0.500. The molecule has 0 aliphatic carbocycles. The van der Waals surface area contributed by atoms with Crippen LogP contribution in [0.2, 0.25) is 0 Å². The Kier molecular flexibility index (Phi) is 4.59. The van der Waals surface area contributed by atoms with Gasteiger partial charge in [0.15, 0.2) is 0 Å². The number of aromatic nitrogens is 2. The Morgan fingerprint density at radius 3 is 2.17 bits per heavy atom. The summed E-state index contributed by atoms with van der Waals surface area (Å²) in [5.74, 6) is 0.0342. The zero-order valence-corrected chi connectivity index (χ0v) is 11.5. The highest BCUT2D eigenvalue weighted by Crippen LogP contribution is 2.06. The van der Waals surface area contributed by atoms with E-state index in [1.807, 2.05) is 0 Å². The van der Waals surface area contributed by atoms with Gasteiger partial charge < -0.3 is 5.32 Å². The molecule has 0 atom stereocenters. The third-order valence-corrected chi connectivity index (χ3v) is 4.29. The van der Waals surface area contributed by atoms with Crippen LogP contribution in [0.3, 0.4) is 0 Å². The largest absolute Gasteiger partial charge is 0.357 e. The first-order valence-corrected chi connectivity index (χ1v) is 8.46. The molecule has 0 radical (unpaired) electrons. The van der Waals surface area contributed by atoms with Gasteiger partial charge in [-0.05, 0) is 0 Å². The van der Waals surface area contributed by atoms with Crippen LogP contribution in [0.4, 0.5) is 5.95 Å². The van der Waals surface area contributed by atoms with Gasteiger partial charge in [0.25, 0.3) is 0 Å². The molecule has 0 saturated carbocycles. The lowest BCUT2D eigenvalue weighted by Gasteiger charge is -2.05. The summed E-state index contributed by atoms with van der Waals surface area (Å²) in [6.45, 7) is -0.186. The van der Waals surface area contributed by atoms with Crippen LogP contribution in [0, 0.1) is 0 Å². The second-order valence-electron chi connectivity index (χ2n) is 3.52. The van der Waals surface area contributed by atoms with Gasteiger partial charge in [-0.3, -0.25) is 0 Å². The van der Waals surface area contributed by atoms with Crippen molar-refractivity contribution in [1.82, 2.24) is 14.7 Å². The van der Waals surface area contributed by atoms with Crippen LogP contribution in [-0.4, -0.2) is 52.4 Å². The average molecular weight is 294 g/mol. The van der Waals surface area contributed by atoms with Crippen molar-refractivity contribution in [3.8, 4) is 0 Å². The van der Waals surface area contributed by atoms with E-state index in [1.165, 1.54) is 0 Å². The molecule has 0 saturated heterocycles. The lowest BCUT2D eigenvalue weighted by molar-refractivity contribution is 0.581. The van der Waals surface area contributed by atoms with Gasteiger partial charge >= 0.3 is 0 Å². The molecule has 102 valence electrons. The van der Waals surface area contributed by atoms with Gasteiger partial charge in [0.1, 0.15) is 14.7 Å². The molecule has 0 unspecified atom stereocenters. The first-order chi connectivity index (χ1) is 8.24. The molecule has 0 aliphatic rings. The predicted molar refractivity (Wildman–Crippen MR) is 66.5 cm³/mol. The highest BCUT2D eigenvalue weighted by atomic mass is 32.2. The van der Waals surface area contributed by atoms with E-state index >= 15 is 0 Å². The van der Waals surface area contributed by atoms with Crippen LogP contribution in [0.15, 0.2) is 17.3 Å². The molecule has 0 fully saturated rings. The van der Waals surface area contributed by atoms with Crippen LogP contribution in [0.1, 0.15) is 0 Å². The van der Waals surface area contributed by atoms with Crippen molar-refractivity contribution in [2.24, 2.45) is 0 Å². The fourth-order valence-electron chi connectivity index (χ4n) is 1.03. The molecule has 1 aromatic rings. The van der Waals surface area contributed by atoms with Crippen molar-refractivity contribution in [3.05, 3.63) is 12.4 Å². The molecule has 0 amide bonds.